The lowest BCUT2D eigenvalue weighted by molar-refractivity contribution is -0.115. The number of halogens is 1. The topological polar surface area (TPSA) is 80.6 Å². The molecule has 1 amide bonds. The van der Waals surface area contributed by atoms with Crippen LogP contribution in [0.3, 0.4) is 0 Å². The first-order valence-corrected chi connectivity index (χ1v) is 9.64. The fourth-order valence-corrected chi connectivity index (χ4v) is 3.32. The Kier molecular flexibility index (Phi) is 5.73. The van der Waals surface area contributed by atoms with E-state index < -0.39 is 0 Å². The van der Waals surface area contributed by atoms with Gasteiger partial charge in [0.2, 0.25) is 5.91 Å². The molecule has 1 heterocycles. The highest BCUT2D eigenvalue weighted by Gasteiger charge is 2.17. The summed E-state index contributed by atoms with van der Waals surface area (Å²) in [5, 5.41) is 12.2. The molecule has 0 bridgehead atoms. The maximum absolute atomic E-state index is 12.4. The summed E-state index contributed by atoms with van der Waals surface area (Å²) in [6.45, 7) is 0.907. The molecule has 0 atom stereocenters. The first-order valence-electron chi connectivity index (χ1n) is 9.27. The third-order valence-corrected chi connectivity index (χ3v) is 4.64. The quantitative estimate of drug-likeness (QED) is 0.631. The Balaban J connectivity index is 1.38. The summed E-state index contributed by atoms with van der Waals surface area (Å²) in [6, 6.07) is 19.4. The lowest BCUT2D eigenvalue weighted by Gasteiger charge is -2.20. The SMILES string of the molecule is N#Cc1cccc(Oc2ccc(NC(=O)Cc3cc(Cl)c4c(c3)OCCO4)cc2)c1. The van der Waals surface area contributed by atoms with Crippen LogP contribution in [0.4, 0.5) is 5.69 Å². The smallest absolute Gasteiger partial charge is 0.228 e. The third-order valence-electron chi connectivity index (χ3n) is 4.36. The van der Waals surface area contributed by atoms with Crippen LogP contribution >= 0.6 is 11.6 Å². The Morgan fingerprint density at radius 3 is 2.67 bits per heavy atom. The first kappa shape index (κ1) is 19.6. The van der Waals surface area contributed by atoms with Crippen molar-refractivity contribution < 1.29 is 19.0 Å². The fourth-order valence-electron chi connectivity index (χ4n) is 3.03. The van der Waals surface area contributed by atoms with Crippen molar-refractivity contribution in [1.29, 1.82) is 5.26 Å². The highest BCUT2D eigenvalue weighted by atomic mass is 35.5. The Morgan fingerprint density at radius 2 is 1.87 bits per heavy atom. The van der Waals surface area contributed by atoms with Crippen molar-refractivity contribution in [2.24, 2.45) is 0 Å². The third kappa shape index (κ3) is 4.65. The molecule has 7 heteroatoms. The van der Waals surface area contributed by atoms with Crippen molar-refractivity contribution in [3.8, 4) is 29.1 Å². The monoisotopic (exact) mass is 420 g/mol. The normalized spacial score (nSPS) is 12.0. The van der Waals surface area contributed by atoms with Gasteiger partial charge < -0.3 is 19.5 Å². The van der Waals surface area contributed by atoms with Crippen molar-refractivity contribution in [2.45, 2.75) is 6.42 Å². The molecule has 0 spiro atoms. The number of rotatable bonds is 5. The Morgan fingerprint density at radius 1 is 1.07 bits per heavy atom. The second-order valence-electron chi connectivity index (χ2n) is 6.59. The molecule has 0 unspecified atom stereocenters. The Bertz CT molecular complexity index is 1120. The molecule has 30 heavy (non-hydrogen) atoms. The second-order valence-corrected chi connectivity index (χ2v) is 7.00. The number of amides is 1. The van der Waals surface area contributed by atoms with Gasteiger partial charge in [0, 0.05) is 5.69 Å². The molecule has 150 valence electrons. The molecule has 4 rings (SSSR count). The summed E-state index contributed by atoms with van der Waals surface area (Å²) >= 11 is 6.23. The standard InChI is InChI=1S/C23H17ClN2O4/c24-20-11-16(12-21-23(20)29-9-8-28-21)13-22(27)26-17-4-6-18(7-5-17)30-19-3-1-2-15(10-19)14-25/h1-7,10-12H,8-9,13H2,(H,26,27). The average Bonchev–Trinajstić information content (AvgIpc) is 2.75. The minimum absolute atomic E-state index is 0.148. The molecule has 3 aromatic rings. The summed E-state index contributed by atoms with van der Waals surface area (Å²) in [6.07, 6.45) is 0.148. The van der Waals surface area contributed by atoms with Crippen molar-refractivity contribution in [1.82, 2.24) is 0 Å². The van der Waals surface area contributed by atoms with Gasteiger partial charge in [0.05, 0.1) is 23.1 Å². The van der Waals surface area contributed by atoms with Gasteiger partial charge in [-0.3, -0.25) is 4.79 Å². The van der Waals surface area contributed by atoms with Gasteiger partial charge in [-0.15, -0.1) is 0 Å². The number of carbonyl (C=O) groups excluding carboxylic acids is 1. The largest absolute Gasteiger partial charge is 0.486 e. The molecule has 0 aliphatic carbocycles. The van der Waals surface area contributed by atoms with Gasteiger partial charge in [0.15, 0.2) is 11.5 Å². The number of anilines is 1. The second kappa shape index (κ2) is 8.76. The summed E-state index contributed by atoms with van der Waals surface area (Å²) in [5.41, 5.74) is 1.90. The van der Waals surface area contributed by atoms with Crippen LogP contribution in [0.2, 0.25) is 5.02 Å². The van der Waals surface area contributed by atoms with Gasteiger partial charge in [-0.2, -0.15) is 5.26 Å². The first-order chi connectivity index (χ1) is 14.6. The van der Waals surface area contributed by atoms with Gasteiger partial charge in [-0.05, 0) is 60.2 Å². The number of nitrogens with zero attached hydrogens (tertiary/aromatic N) is 1. The number of benzene rings is 3. The van der Waals surface area contributed by atoms with Crippen molar-refractivity contribution in [2.75, 3.05) is 18.5 Å². The van der Waals surface area contributed by atoms with Crippen LogP contribution in [0.1, 0.15) is 11.1 Å². The predicted molar refractivity (Wildman–Crippen MR) is 112 cm³/mol. The number of carbonyl (C=O) groups is 1. The van der Waals surface area contributed by atoms with Crippen LogP contribution in [0.5, 0.6) is 23.0 Å². The molecule has 0 aromatic heterocycles. The van der Waals surface area contributed by atoms with E-state index >= 15 is 0 Å². The molecule has 6 nitrogen and oxygen atoms in total. The van der Waals surface area contributed by atoms with E-state index in [2.05, 4.69) is 11.4 Å². The van der Waals surface area contributed by atoms with Gasteiger partial charge >= 0.3 is 0 Å². The summed E-state index contributed by atoms with van der Waals surface area (Å²) < 4.78 is 16.8. The molecule has 1 N–H and O–H groups in total. The minimum atomic E-state index is -0.182. The molecule has 0 saturated carbocycles. The molecule has 0 radical (unpaired) electrons. The summed E-state index contributed by atoms with van der Waals surface area (Å²) in [7, 11) is 0. The van der Waals surface area contributed by atoms with E-state index in [1.165, 1.54) is 0 Å². The van der Waals surface area contributed by atoms with E-state index in [1.54, 1.807) is 60.7 Å². The van der Waals surface area contributed by atoms with E-state index in [0.717, 1.165) is 5.56 Å². The van der Waals surface area contributed by atoms with Crippen molar-refractivity contribution in [3.63, 3.8) is 0 Å². The van der Waals surface area contributed by atoms with Crippen molar-refractivity contribution >= 4 is 23.2 Å². The lowest BCUT2D eigenvalue weighted by atomic mass is 10.1. The number of ether oxygens (including phenoxy) is 3. The van der Waals surface area contributed by atoms with Gasteiger partial charge in [-0.1, -0.05) is 17.7 Å². The van der Waals surface area contributed by atoms with E-state index in [-0.39, 0.29) is 12.3 Å². The zero-order valence-electron chi connectivity index (χ0n) is 15.9. The van der Waals surface area contributed by atoms with Crippen LogP contribution in [0.15, 0.2) is 60.7 Å². The summed E-state index contributed by atoms with van der Waals surface area (Å²) in [4.78, 5) is 12.4. The fraction of sp³-hybridized carbons (Fsp3) is 0.130. The Labute approximate surface area is 178 Å². The lowest BCUT2D eigenvalue weighted by Crippen LogP contribution is -2.17. The summed E-state index contributed by atoms with van der Waals surface area (Å²) in [5.74, 6) is 2.06. The predicted octanol–water partition coefficient (Wildman–Crippen LogP) is 4.96. The zero-order chi connectivity index (χ0) is 20.9. The highest BCUT2D eigenvalue weighted by Crippen LogP contribution is 2.38. The Hall–Kier alpha value is -3.69. The van der Waals surface area contributed by atoms with Gasteiger partial charge in [-0.25, -0.2) is 0 Å². The zero-order valence-corrected chi connectivity index (χ0v) is 16.6. The maximum atomic E-state index is 12.4. The van der Waals surface area contributed by atoms with Crippen LogP contribution in [0, 0.1) is 11.3 Å². The minimum Gasteiger partial charge on any atom is -0.486 e. The number of hydrogen-bond donors (Lipinski definition) is 1. The van der Waals surface area contributed by atoms with Crippen LogP contribution < -0.4 is 19.5 Å². The number of nitrogens with one attached hydrogen (secondary N) is 1. The molecule has 3 aromatic carbocycles. The molecule has 1 aliphatic rings. The van der Waals surface area contributed by atoms with Crippen LogP contribution in [-0.2, 0) is 11.2 Å². The maximum Gasteiger partial charge on any atom is 0.228 e. The molecule has 0 saturated heterocycles. The molecule has 1 aliphatic heterocycles. The highest BCUT2D eigenvalue weighted by molar-refractivity contribution is 6.32. The van der Waals surface area contributed by atoms with E-state index in [0.29, 0.717) is 52.5 Å². The number of nitriles is 1. The van der Waals surface area contributed by atoms with Crippen LogP contribution in [0.25, 0.3) is 0 Å². The van der Waals surface area contributed by atoms with E-state index in [1.807, 2.05) is 0 Å². The van der Waals surface area contributed by atoms with Crippen molar-refractivity contribution in [3.05, 3.63) is 76.8 Å². The van der Waals surface area contributed by atoms with E-state index in [9.17, 15) is 4.79 Å². The molecular formula is C23H17ClN2O4. The molecular weight excluding hydrogens is 404 g/mol. The average molecular weight is 421 g/mol. The van der Waals surface area contributed by atoms with Gasteiger partial charge in [0.1, 0.15) is 24.7 Å². The van der Waals surface area contributed by atoms with E-state index in [4.69, 9.17) is 31.1 Å². The van der Waals surface area contributed by atoms with Crippen LogP contribution in [-0.4, -0.2) is 19.1 Å². The number of fused-ring (bicyclic) bond motifs is 1. The molecule has 0 fully saturated rings. The van der Waals surface area contributed by atoms with Gasteiger partial charge in [0.25, 0.3) is 0 Å². The number of hydrogen-bond acceptors (Lipinski definition) is 5.